The molecule has 7 nitrogen and oxygen atoms in total. The Morgan fingerprint density at radius 2 is 2.05 bits per heavy atom. The van der Waals surface area contributed by atoms with Gasteiger partial charge in [0.2, 0.25) is 0 Å². The second-order valence-electron chi connectivity index (χ2n) is 4.34. The molecule has 3 rings (SSSR count). The van der Waals surface area contributed by atoms with E-state index in [1.54, 1.807) is 28.5 Å². The van der Waals surface area contributed by atoms with Gasteiger partial charge in [-0.25, -0.2) is 9.50 Å². The van der Waals surface area contributed by atoms with Gasteiger partial charge in [0, 0.05) is 24.4 Å². The van der Waals surface area contributed by atoms with Crippen LogP contribution < -0.4 is 5.73 Å². The lowest BCUT2D eigenvalue weighted by atomic mass is 10.2. The number of imidazole rings is 1. The van der Waals surface area contributed by atoms with Crippen molar-refractivity contribution in [3.63, 3.8) is 0 Å². The molecule has 7 heteroatoms. The number of fused-ring (bicyclic) bond motifs is 1. The van der Waals surface area contributed by atoms with Gasteiger partial charge in [-0.2, -0.15) is 10.2 Å². The topological polar surface area (TPSA) is 91.1 Å². The fourth-order valence-corrected chi connectivity index (χ4v) is 1.99. The van der Waals surface area contributed by atoms with Crippen LogP contribution in [-0.2, 0) is 7.05 Å². The van der Waals surface area contributed by atoms with Gasteiger partial charge in [0.1, 0.15) is 0 Å². The van der Waals surface area contributed by atoms with Crippen molar-refractivity contribution in [3.8, 4) is 11.3 Å². The molecule has 0 atom stereocenters. The molecule has 0 aliphatic rings. The summed E-state index contributed by atoms with van der Waals surface area (Å²) in [7, 11) is 1.84. The highest BCUT2D eigenvalue weighted by molar-refractivity contribution is 5.95. The highest BCUT2D eigenvalue weighted by Gasteiger charge is 2.13. The van der Waals surface area contributed by atoms with E-state index < -0.39 is 5.91 Å². The van der Waals surface area contributed by atoms with Crippen molar-refractivity contribution in [1.82, 2.24) is 24.4 Å². The van der Waals surface area contributed by atoms with Crippen molar-refractivity contribution >= 4 is 11.6 Å². The molecule has 1 amide bonds. The van der Waals surface area contributed by atoms with Crippen LogP contribution in [0.1, 0.15) is 15.9 Å². The number of nitrogens with zero attached hydrogens (tertiary/aromatic N) is 5. The lowest BCUT2D eigenvalue weighted by Crippen LogP contribution is -2.14. The molecule has 0 bridgehead atoms. The second-order valence-corrected chi connectivity index (χ2v) is 4.34. The van der Waals surface area contributed by atoms with Crippen LogP contribution >= 0.6 is 0 Å². The maximum atomic E-state index is 11.3. The number of carbonyl (C=O) groups is 1. The second kappa shape index (κ2) is 3.91. The minimum atomic E-state index is -0.501. The zero-order chi connectivity index (χ0) is 13.6. The number of hydrogen-bond donors (Lipinski definition) is 1. The molecule has 0 spiro atoms. The van der Waals surface area contributed by atoms with Crippen LogP contribution in [0, 0.1) is 6.92 Å². The highest BCUT2D eigenvalue weighted by Crippen LogP contribution is 2.20. The normalized spacial score (nSPS) is 11.1. The summed E-state index contributed by atoms with van der Waals surface area (Å²) in [5.74, 6) is -0.501. The maximum absolute atomic E-state index is 11.3. The molecule has 3 aromatic rings. The van der Waals surface area contributed by atoms with Gasteiger partial charge in [0.15, 0.2) is 5.65 Å². The molecule has 0 saturated carbocycles. The number of hydrogen-bond acceptors (Lipinski definition) is 4. The average Bonchev–Trinajstić information content (AvgIpc) is 2.95. The number of rotatable bonds is 2. The van der Waals surface area contributed by atoms with Crippen LogP contribution in [-0.4, -0.2) is 30.3 Å². The monoisotopic (exact) mass is 256 g/mol. The predicted octanol–water partition coefficient (Wildman–Crippen LogP) is 0.537. The molecule has 3 heterocycles. The van der Waals surface area contributed by atoms with Gasteiger partial charge in [-0.3, -0.25) is 9.48 Å². The number of nitrogens with two attached hydrogens (primary N) is 1. The van der Waals surface area contributed by atoms with Gasteiger partial charge in [-0.1, -0.05) is 0 Å². The van der Waals surface area contributed by atoms with Gasteiger partial charge < -0.3 is 5.73 Å². The third-order valence-corrected chi connectivity index (χ3v) is 3.00. The lowest BCUT2D eigenvalue weighted by molar-refractivity contribution is 0.0999. The Morgan fingerprint density at radius 3 is 2.68 bits per heavy atom. The van der Waals surface area contributed by atoms with Crippen LogP contribution in [0.4, 0.5) is 0 Å². The van der Waals surface area contributed by atoms with Gasteiger partial charge in [-0.15, -0.1) is 0 Å². The van der Waals surface area contributed by atoms with Crippen LogP contribution in [0.15, 0.2) is 24.8 Å². The Morgan fingerprint density at radius 1 is 1.26 bits per heavy atom. The molecule has 96 valence electrons. The minimum absolute atomic E-state index is 0.385. The third kappa shape index (κ3) is 1.75. The van der Waals surface area contributed by atoms with E-state index in [9.17, 15) is 4.79 Å². The molecule has 0 radical (unpaired) electrons. The average molecular weight is 256 g/mol. The fourth-order valence-electron chi connectivity index (χ4n) is 1.99. The lowest BCUT2D eigenvalue weighted by Gasteiger charge is -2.01. The summed E-state index contributed by atoms with van der Waals surface area (Å²) in [5, 5.41) is 8.25. The van der Waals surface area contributed by atoms with E-state index in [4.69, 9.17) is 5.73 Å². The molecule has 0 unspecified atom stereocenters. The van der Waals surface area contributed by atoms with Crippen LogP contribution in [0.5, 0.6) is 0 Å². The highest BCUT2D eigenvalue weighted by atomic mass is 16.1. The first-order valence-electron chi connectivity index (χ1n) is 5.70. The summed E-state index contributed by atoms with van der Waals surface area (Å²) in [6.45, 7) is 1.80. The van der Waals surface area contributed by atoms with Crippen molar-refractivity contribution in [3.05, 3.63) is 35.9 Å². The molecular weight excluding hydrogens is 244 g/mol. The summed E-state index contributed by atoms with van der Waals surface area (Å²) in [4.78, 5) is 15.8. The molecule has 0 aromatic carbocycles. The van der Waals surface area contributed by atoms with Gasteiger partial charge in [-0.05, 0) is 6.92 Å². The predicted molar refractivity (Wildman–Crippen MR) is 68.4 cm³/mol. The van der Waals surface area contributed by atoms with Gasteiger partial charge in [0.05, 0.1) is 29.8 Å². The maximum Gasteiger partial charge on any atom is 0.250 e. The summed E-state index contributed by atoms with van der Waals surface area (Å²) >= 11 is 0. The molecule has 3 aromatic heterocycles. The molecule has 0 fully saturated rings. The Kier molecular flexibility index (Phi) is 2.34. The van der Waals surface area contributed by atoms with Gasteiger partial charge >= 0.3 is 0 Å². The number of aryl methyl sites for hydroxylation is 2. The van der Waals surface area contributed by atoms with E-state index in [1.165, 1.54) is 6.20 Å². The standard InChI is InChI=1S/C12H12N6O/c1-7-9(11(13)19)4-15-18-6-10(16-12(7)18)8-3-14-17(2)5-8/h3-6H,1-2H3,(H2,13,19). The largest absolute Gasteiger partial charge is 0.366 e. The van der Waals surface area contributed by atoms with Crippen LogP contribution in [0.2, 0.25) is 0 Å². The zero-order valence-electron chi connectivity index (χ0n) is 10.5. The Hall–Kier alpha value is -2.70. The molecule has 0 aliphatic heterocycles. The van der Waals surface area contributed by atoms with E-state index in [-0.39, 0.29) is 0 Å². The Balaban J connectivity index is 2.21. The van der Waals surface area contributed by atoms with Crippen molar-refractivity contribution in [1.29, 1.82) is 0 Å². The van der Waals surface area contributed by atoms with Crippen molar-refractivity contribution in [2.45, 2.75) is 6.92 Å². The van der Waals surface area contributed by atoms with E-state index in [0.717, 1.165) is 16.8 Å². The summed E-state index contributed by atoms with van der Waals surface area (Å²) < 4.78 is 3.33. The first-order valence-corrected chi connectivity index (χ1v) is 5.70. The minimum Gasteiger partial charge on any atom is -0.366 e. The Labute approximate surface area is 108 Å². The van der Waals surface area contributed by atoms with Crippen LogP contribution in [0.25, 0.3) is 16.9 Å². The van der Waals surface area contributed by atoms with Gasteiger partial charge in [0.25, 0.3) is 5.91 Å². The fraction of sp³-hybridized carbons (Fsp3) is 0.167. The number of amides is 1. The van der Waals surface area contributed by atoms with Crippen molar-refractivity contribution in [2.24, 2.45) is 12.8 Å². The quantitative estimate of drug-likeness (QED) is 0.724. The molecular formula is C12H12N6O. The smallest absolute Gasteiger partial charge is 0.250 e. The molecule has 19 heavy (non-hydrogen) atoms. The zero-order valence-corrected chi connectivity index (χ0v) is 10.5. The SMILES string of the molecule is Cc1c(C(N)=O)cnn2cc(-c3cnn(C)c3)nc12. The first kappa shape index (κ1) is 11.4. The number of primary amides is 1. The summed E-state index contributed by atoms with van der Waals surface area (Å²) in [5.41, 5.74) is 8.67. The summed E-state index contributed by atoms with van der Waals surface area (Å²) in [6, 6.07) is 0. The van der Waals surface area contributed by atoms with Crippen LogP contribution in [0.3, 0.4) is 0 Å². The van der Waals surface area contributed by atoms with Crippen molar-refractivity contribution in [2.75, 3.05) is 0 Å². The molecule has 0 saturated heterocycles. The van der Waals surface area contributed by atoms with E-state index >= 15 is 0 Å². The third-order valence-electron chi connectivity index (χ3n) is 3.00. The van der Waals surface area contributed by atoms with E-state index in [1.807, 2.05) is 13.2 Å². The molecule has 0 aliphatic carbocycles. The van der Waals surface area contributed by atoms with Crippen molar-refractivity contribution < 1.29 is 4.79 Å². The van der Waals surface area contributed by atoms with E-state index in [2.05, 4.69) is 15.2 Å². The molecule has 2 N–H and O–H groups in total. The first-order chi connectivity index (χ1) is 9.06. The Bertz CT molecular complexity index is 785. The van der Waals surface area contributed by atoms with E-state index in [0.29, 0.717) is 11.2 Å². The summed E-state index contributed by atoms with van der Waals surface area (Å²) in [6.07, 6.45) is 6.85. The number of carbonyl (C=O) groups excluding carboxylic acids is 1. The number of aromatic nitrogens is 5.